The molecule has 4 aromatic rings. The molecular formula is C22H19ClN8O2. The highest BCUT2D eigenvalue weighted by atomic mass is 35.5. The Bertz CT molecular complexity index is 1440. The third-order valence-electron chi connectivity index (χ3n) is 5.41. The summed E-state index contributed by atoms with van der Waals surface area (Å²) in [6, 6.07) is 8.13. The maximum absolute atomic E-state index is 13.5. The highest BCUT2D eigenvalue weighted by molar-refractivity contribution is 6.35. The molecule has 1 aromatic carbocycles. The van der Waals surface area contributed by atoms with Crippen LogP contribution in [0.1, 0.15) is 29.1 Å². The molecule has 1 atom stereocenters. The van der Waals surface area contributed by atoms with Crippen molar-refractivity contribution in [3.8, 4) is 5.69 Å². The van der Waals surface area contributed by atoms with Crippen LogP contribution in [0.4, 0.5) is 11.6 Å². The second-order valence-corrected chi connectivity index (χ2v) is 8.01. The topological polar surface area (TPSA) is 118 Å². The molecular weight excluding hydrogens is 444 g/mol. The van der Waals surface area contributed by atoms with Gasteiger partial charge in [-0.3, -0.25) is 19.1 Å². The highest BCUT2D eigenvalue weighted by Crippen LogP contribution is 2.29. The number of benzene rings is 1. The number of anilines is 2. The lowest BCUT2D eigenvalue weighted by Gasteiger charge is -2.27. The number of halogens is 1. The first-order valence-electron chi connectivity index (χ1n) is 10.2. The summed E-state index contributed by atoms with van der Waals surface area (Å²) in [5, 5.41) is 6.97. The normalized spacial score (nSPS) is 14.0. The smallest absolute Gasteiger partial charge is 0.267 e. The molecule has 10 nitrogen and oxygen atoms in total. The number of pyridine rings is 1. The van der Waals surface area contributed by atoms with Gasteiger partial charge in [0.25, 0.3) is 11.5 Å². The van der Waals surface area contributed by atoms with Crippen LogP contribution < -0.4 is 16.2 Å². The van der Waals surface area contributed by atoms with Gasteiger partial charge in [0.15, 0.2) is 0 Å². The quantitative estimate of drug-likeness (QED) is 0.475. The maximum Gasteiger partial charge on any atom is 0.267 e. The zero-order chi connectivity index (χ0) is 23.1. The largest absolute Gasteiger partial charge is 0.360 e. The molecule has 0 saturated carbocycles. The molecule has 0 radical (unpaired) electrons. The van der Waals surface area contributed by atoms with Gasteiger partial charge in [0, 0.05) is 13.2 Å². The van der Waals surface area contributed by atoms with Crippen LogP contribution in [0, 0.1) is 0 Å². The summed E-state index contributed by atoms with van der Waals surface area (Å²) in [6.07, 6.45) is 4.58. The SMILES string of the molecule is CC(Nc1ncnc2c1C(=O)N(C)CN2)c1nc2cccc(Cl)c2c(=O)n1-c1cccnc1. The molecule has 3 aromatic heterocycles. The zero-order valence-electron chi connectivity index (χ0n) is 17.8. The fourth-order valence-electron chi connectivity index (χ4n) is 3.79. The van der Waals surface area contributed by atoms with Crippen molar-refractivity contribution in [2.75, 3.05) is 24.3 Å². The lowest BCUT2D eigenvalue weighted by molar-refractivity contribution is 0.0796. The third-order valence-corrected chi connectivity index (χ3v) is 5.72. The molecule has 1 amide bonds. The number of nitrogens with one attached hydrogen (secondary N) is 2. The van der Waals surface area contributed by atoms with Gasteiger partial charge in [-0.25, -0.2) is 15.0 Å². The van der Waals surface area contributed by atoms with Crippen molar-refractivity contribution >= 4 is 40.0 Å². The summed E-state index contributed by atoms with van der Waals surface area (Å²) < 4.78 is 1.47. The summed E-state index contributed by atoms with van der Waals surface area (Å²) >= 11 is 6.34. The zero-order valence-corrected chi connectivity index (χ0v) is 18.5. The van der Waals surface area contributed by atoms with E-state index in [1.165, 1.54) is 15.8 Å². The number of carbonyl (C=O) groups excluding carboxylic acids is 1. The molecule has 4 heterocycles. The maximum atomic E-state index is 13.5. The van der Waals surface area contributed by atoms with E-state index in [1.54, 1.807) is 49.8 Å². The molecule has 1 aliphatic rings. The third kappa shape index (κ3) is 3.54. The lowest BCUT2D eigenvalue weighted by atomic mass is 10.1. The van der Waals surface area contributed by atoms with Crippen molar-refractivity contribution in [3.63, 3.8) is 0 Å². The summed E-state index contributed by atoms with van der Waals surface area (Å²) in [5.74, 6) is 1.00. The van der Waals surface area contributed by atoms with Gasteiger partial charge in [0.2, 0.25) is 0 Å². The molecule has 0 spiro atoms. The van der Waals surface area contributed by atoms with Crippen molar-refractivity contribution in [1.29, 1.82) is 0 Å². The predicted molar refractivity (Wildman–Crippen MR) is 125 cm³/mol. The molecule has 0 aliphatic carbocycles. The fourth-order valence-corrected chi connectivity index (χ4v) is 4.04. The number of hydrogen-bond donors (Lipinski definition) is 2. The molecule has 1 aliphatic heterocycles. The van der Waals surface area contributed by atoms with E-state index in [4.69, 9.17) is 16.6 Å². The second-order valence-electron chi connectivity index (χ2n) is 7.61. The Morgan fingerprint density at radius 2 is 2.03 bits per heavy atom. The molecule has 2 N–H and O–H groups in total. The number of fused-ring (bicyclic) bond motifs is 2. The Kier molecular flexibility index (Phi) is 5.14. The van der Waals surface area contributed by atoms with Crippen LogP contribution in [0.5, 0.6) is 0 Å². The molecule has 0 saturated heterocycles. The first kappa shape index (κ1) is 20.8. The molecule has 5 rings (SSSR count). The van der Waals surface area contributed by atoms with Gasteiger partial charge in [-0.05, 0) is 31.2 Å². The molecule has 1 unspecified atom stereocenters. The minimum Gasteiger partial charge on any atom is -0.360 e. The molecule has 0 fully saturated rings. The van der Waals surface area contributed by atoms with Crippen LogP contribution in [0.2, 0.25) is 5.02 Å². The van der Waals surface area contributed by atoms with Crippen molar-refractivity contribution in [1.82, 2.24) is 29.4 Å². The molecule has 33 heavy (non-hydrogen) atoms. The van der Waals surface area contributed by atoms with Crippen molar-refractivity contribution in [2.24, 2.45) is 0 Å². The van der Waals surface area contributed by atoms with E-state index < -0.39 is 6.04 Å². The number of aromatic nitrogens is 5. The number of carbonyl (C=O) groups is 1. The second kappa shape index (κ2) is 8.14. The Hall–Kier alpha value is -4.05. The van der Waals surface area contributed by atoms with Crippen LogP contribution in [-0.2, 0) is 0 Å². The first-order valence-corrected chi connectivity index (χ1v) is 10.6. The van der Waals surface area contributed by atoms with Crippen molar-refractivity contribution in [2.45, 2.75) is 13.0 Å². The van der Waals surface area contributed by atoms with Crippen molar-refractivity contribution < 1.29 is 4.79 Å². The van der Waals surface area contributed by atoms with E-state index in [-0.39, 0.29) is 11.5 Å². The number of hydrogen-bond acceptors (Lipinski definition) is 8. The van der Waals surface area contributed by atoms with Crippen LogP contribution in [0.15, 0.2) is 53.8 Å². The Morgan fingerprint density at radius 3 is 2.82 bits per heavy atom. The van der Waals surface area contributed by atoms with E-state index in [0.29, 0.717) is 51.3 Å². The summed E-state index contributed by atoms with van der Waals surface area (Å²) in [4.78, 5) is 45.2. The van der Waals surface area contributed by atoms with E-state index in [1.807, 2.05) is 6.92 Å². The minimum absolute atomic E-state index is 0.207. The van der Waals surface area contributed by atoms with Gasteiger partial charge < -0.3 is 15.5 Å². The van der Waals surface area contributed by atoms with Gasteiger partial charge in [-0.15, -0.1) is 0 Å². The average molecular weight is 463 g/mol. The summed E-state index contributed by atoms with van der Waals surface area (Å²) in [7, 11) is 1.69. The highest BCUT2D eigenvalue weighted by Gasteiger charge is 2.28. The monoisotopic (exact) mass is 462 g/mol. The van der Waals surface area contributed by atoms with E-state index in [2.05, 4.69) is 25.6 Å². The minimum atomic E-state index is -0.514. The Balaban J connectivity index is 1.67. The number of rotatable bonds is 4. The fraction of sp³-hybridized carbons (Fsp3) is 0.182. The van der Waals surface area contributed by atoms with Gasteiger partial charge in [0.1, 0.15) is 29.4 Å². The van der Waals surface area contributed by atoms with E-state index >= 15 is 0 Å². The van der Waals surface area contributed by atoms with Crippen LogP contribution in [0.3, 0.4) is 0 Å². The van der Waals surface area contributed by atoms with Crippen molar-refractivity contribution in [3.05, 3.63) is 75.8 Å². The molecule has 11 heteroatoms. The van der Waals surface area contributed by atoms with E-state index in [0.717, 1.165) is 0 Å². The predicted octanol–water partition coefficient (Wildman–Crippen LogP) is 2.85. The molecule has 166 valence electrons. The Labute approximate surface area is 193 Å². The van der Waals surface area contributed by atoms with Crippen LogP contribution in [0.25, 0.3) is 16.6 Å². The van der Waals surface area contributed by atoms with Crippen LogP contribution in [-0.4, -0.2) is 49.0 Å². The van der Waals surface area contributed by atoms with Gasteiger partial charge in [-0.2, -0.15) is 0 Å². The lowest BCUT2D eigenvalue weighted by Crippen LogP contribution is -2.38. The first-order chi connectivity index (χ1) is 16.0. The average Bonchev–Trinajstić information content (AvgIpc) is 2.82. The number of amides is 1. The Morgan fingerprint density at radius 1 is 1.18 bits per heavy atom. The summed E-state index contributed by atoms with van der Waals surface area (Å²) in [5.41, 5.74) is 1.03. The van der Waals surface area contributed by atoms with Crippen LogP contribution >= 0.6 is 11.6 Å². The van der Waals surface area contributed by atoms with E-state index in [9.17, 15) is 9.59 Å². The standard InChI is InChI=1S/C22H19ClN8O2/c1-12(28-19-17-18(25-10-26-19)27-11-30(2)21(17)32)20-29-15-7-3-6-14(23)16(15)22(33)31(20)13-5-4-8-24-9-13/h3-10,12H,11H2,1-2H3,(H2,25,26,27,28). The molecule has 0 bridgehead atoms. The van der Waals surface area contributed by atoms with Gasteiger partial charge in [-0.1, -0.05) is 17.7 Å². The number of nitrogens with zero attached hydrogens (tertiary/aromatic N) is 6. The van der Waals surface area contributed by atoms with Gasteiger partial charge >= 0.3 is 0 Å². The van der Waals surface area contributed by atoms with Gasteiger partial charge in [0.05, 0.1) is 40.5 Å². The summed E-state index contributed by atoms with van der Waals surface area (Å²) in [6.45, 7) is 2.19.